The van der Waals surface area contributed by atoms with Crippen molar-refractivity contribution in [2.24, 2.45) is 0 Å². The fourth-order valence-electron chi connectivity index (χ4n) is 9.45. The molecule has 0 spiro atoms. The Labute approximate surface area is 310 Å². The van der Waals surface area contributed by atoms with Crippen LogP contribution in [-0.2, 0) is 6.42 Å². The number of rotatable bonds is 2. The first-order valence-corrected chi connectivity index (χ1v) is 18.9. The Morgan fingerprint density at radius 2 is 0.811 bits per heavy atom. The fraction of sp³-hybridized carbons (Fsp3) is 0.0566. The maximum atomic E-state index is 3.78. The third-order valence-electron chi connectivity index (χ3n) is 11.4. The van der Waals surface area contributed by atoms with E-state index in [9.17, 15) is 0 Å². The second-order valence-electron chi connectivity index (χ2n) is 13.9. The molecule has 10 aromatic rings. The van der Waals surface area contributed by atoms with Gasteiger partial charge in [0, 0.05) is 0 Å². The highest BCUT2D eigenvalue weighted by Crippen LogP contribution is 2.54. The summed E-state index contributed by atoms with van der Waals surface area (Å²) in [5.41, 5.74) is 9.79. The Kier molecular flexibility index (Phi) is 7.27. The highest BCUT2D eigenvalue weighted by molar-refractivity contribution is 6.40. The van der Waals surface area contributed by atoms with Crippen molar-refractivity contribution in [3.8, 4) is 22.3 Å². The molecule has 0 unspecified atom stereocenters. The summed E-state index contributed by atoms with van der Waals surface area (Å²) in [6.07, 6.45) is 9.16. The quantitative estimate of drug-likeness (QED) is 0.0973. The third-order valence-corrected chi connectivity index (χ3v) is 11.4. The lowest BCUT2D eigenvalue weighted by molar-refractivity contribution is 1.40. The van der Waals surface area contributed by atoms with Crippen LogP contribution in [0.4, 0.5) is 0 Å². The molecule has 0 N–H and O–H groups in total. The number of allylic oxidation sites excluding steroid dienone is 5. The highest BCUT2D eigenvalue weighted by atomic mass is 14.3. The molecule has 0 atom stereocenters. The van der Waals surface area contributed by atoms with Crippen molar-refractivity contribution >= 4 is 81.0 Å². The first kappa shape index (κ1) is 31.3. The van der Waals surface area contributed by atoms with E-state index in [2.05, 4.69) is 164 Å². The third kappa shape index (κ3) is 4.42. The lowest BCUT2D eigenvalue weighted by Gasteiger charge is -2.17. The van der Waals surface area contributed by atoms with Crippen LogP contribution in [0.3, 0.4) is 0 Å². The van der Waals surface area contributed by atoms with Gasteiger partial charge in [-0.15, -0.1) is 0 Å². The van der Waals surface area contributed by atoms with Crippen LogP contribution in [0.1, 0.15) is 25.0 Å². The molecule has 0 fully saturated rings. The van der Waals surface area contributed by atoms with Crippen molar-refractivity contribution in [3.05, 3.63) is 188 Å². The summed E-state index contributed by atoms with van der Waals surface area (Å²) in [5, 5.41) is 19.3. The molecule has 12 rings (SSSR count). The van der Waals surface area contributed by atoms with Crippen LogP contribution in [0.25, 0.3) is 103 Å². The molecule has 0 amide bonds. The summed E-state index contributed by atoms with van der Waals surface area (Å²) < 4.78 is 0. The Balaban J connectivity index is 0.000000127. The smallest absolute Gasteiger partial charge is 0.000705 e. The van der Waals surface area contributed by atoms with Gasteiger partial charge in [0.05, 0.1) is 0 Å². The van der Waals surface area contributed by atoms with Gasteiger partial charge in [0.1, 0.15) is 0 Å². The molecule has 0 nitrogen and oxygen atoms in total. The molecule has 0 bridgehead atoms. The Morgan fingerprint density at radius 1 is 0.377 bits per heavy atom. The highest BCUT2D eigenvalue weighted by Gasteiger charge is 2.29. The van der Waals surface area contributed by atoms with Crippen LogP contribution in [0.2, 0.25) is 0 Å². The molecule has 2 aliphatic carbocycles. The monoisotopic (exact) mass is 674 g/mol. The summed E-state index contributed by atoms with van der Waals surface area (Å²) >= 11 is 0. The van der Waals surface area contributed by atoms with Crippen molar-refractivity contribution in [1.29, 1.82) is 0 Å². The van der Waals surface area contributed by atoms with Crippen LogP contribution < -0.4 is 0 Å². The standard InChI is InChI=1S/C27H18.C24H14.C2H6/c1-2-3-4-9-17-16-24-22-14-8-13-21-19-10-5-6-11-20(19)27(26(21)22)23-15-7-12-18(17)25(23)24;1-2-8-16-15(7-1)19-11-5-13-21-17-9-3-4-10-18(17)22-14-6-12-20(16)24(22)23(19)21;1-2/h2-15H,1,16H2;1-14H;1-2H3/b4-3-,17-9+;;. The van der Waals surface area contributed by atoms with E-state index in [0.29, 0.717) is 0 Å². The van der Waals surface area contributed by atoms with Gasteiger partial charge in [-0.05, 0) is 121 Å². The van der Waals surface area contributed by atoms with Crippen molar-refractivity contribution in [2.75, 3.05) is 0 Å². The minimum absolute atomic E-state index is 0.994. The lowest BCUT2D eigenvalue weighted by atomic mass is 9.86. The van der Waals surface area contributed by atoms with Gasteiger partial charge in [0.2, 0.25) is 0 Å². The molecule has 0 saturated carbocycles. The topological polar surface area (TPSA) is 0 Å². The van der Waals surface area contributed by atoms with E-state index in [1.807, 2.05) is 26.0 Å². The average Bonchev–Trinajstić information content (AvgIpc) is 3.78. The van der Waals surface area contributed by atoms with Crippen molar-refractivity contribution < 1.29 is 0 Å². The molecule has 0 heteroatoms. The number of fused-ring (bicyclic) bond motifs is 11. The summed E-state index contributed by atoms with van der Waals surface area (Å²) in [6.45, 7) is 7.78. The fourth-order valence-corrected chi connectivity index (χ4v) is 9.45. The van der Waals surface area contributed by atoms with Gasteiger partial charge in [0.15, 0.2) is 0 Å². The van der Waals surface area contributed by atoms with E-state index < -0.39 is 0 Å². The van der Waals surface area contributed by atoms with Gasteiger partial charge >= 0.3 is 0 Å². The second-order valence-corrected chi connectivity index (χ2v) is 13.9. The summed E-state index contributed by atoms with van der Waals surface area (Å²) in [7, 11) is 0. The SMILES string of the molecule is C=C/C=C\C=C1/Cc2c3cccc4c3c(c3cccc1c23)-c1ccccc1-4.CC.c1ccc2c(c1)c1cccc3c4ccccc4c4cccc2c4c13. The molecule has 0 saturated heterocycles. The van der Waals surface area contributed by atoms with Gasteiger partial charge in [0.25, 0.3) is 0 Å². The van der Waals surface area contributed by atoms with Crippen molar-refractivity contribution in [3.63, 3.8) is 0 Å². The van der Waals surface area contributed by atoms with E-state index in [-0.39, 0.29) is 0 Å². The Bertz CT molecular complexity index is 2960. The maximum Gasteiger partial charge on any atom is -0.000705 e. The van der Waals surface area contributed by atoms with Crippen molar-refractivity contribution in [1.82, 2.24) is 0 Å². The Hall–Kier alpha value is -6.50. The van der Waals surface area contributed by atoms with Crippen molar-refractivity contribution in [2.45, 2.75) is 20.3 Å². The van der Waals surface area contributed by atoms with E-state index in [0.717, 1.165) is 6.42 Å². The molecular formula is C53H38. The first-order valence-electron chi connectivity index (χ1n) is 18.9. The Morgan fingerprint density at radius 3 is 1.38 bits per heavy atom. The molecular weight excluding hydrogens is 637 g/mol. The molecule has 10 aromatic carbocycles. The normalized spacial score (nSPS) is 13.4. The molecule has 53 heavy (non-hydrogen) atoms. The average molecular weight is 675 g/mol. The zero-order valence-corrected chi connectivity index (χ0v) is 30.1. The molecule has 0 heterocycles. The van der Waals surface area contributed by atoms with Gasteiger partial charge in [-0.2, -0.15) is 0 Å². The maximum absolute atomic E-state index is 3.78. The minimum atomic E-state index is 0.994. The predicted molar refractivity (Wildman–Crippen MR) is 233 cm³/mol. The molecule has 2 aliphatic rings. The van der Waals surface area contributed by atoms with Crippen LogP contribution in [0.5, 0.6) is 0 Å². The molecule has 0 aromatic heterocycles. The van der Waals surface area contributed by atoms with Crippen LogP contribution >= 0.6 is 0 Å². The zero-order chi connectivity index (χ0) is 35.6. The minimum Gasteiger partial charge on any atom is -0.0991 e. The van der Waals surface area contributed by atoms with Gasteiger partial charge < -0.3 is 0 Å². The zero-order valence-electron chi connectivity index (χ0n) is 30.1. The van der Waals surface area contributed by atoms with Gasteiger partial charge in [-0.3, -0.25) is 0 Å². The number of hydrogen-bond acceptors (Lipinski definition) is 0. The lowest BCUT2D eigenvalue weighted by Crippen LogP contribution is -1.88. The summed E-state index contributed by atoms with van der Waals surface area (Å²) in [5.74, 6) is 0. The van der Waals surface area contributed by atoms with Gasteiger partial charge in [-0.1, -0.05) is 190 Å². The van der Waals surface area contributed by atoms with Crippen LogP contribution in [0.15, 0.2) is 176 Å². The van der Waals surface area contributed by atoms with E-state index in [4.69, 9.17) is 0 Å². The van der Waals surface area contributed by atoms with E-state index in [1.165, 1.54) is 114 Å². The van der Waals surface area contributed by atoms with Crippen LogP contribution in [-0.4, -0.2) is 0 Å². The first-order chi connectivity index (χ1) is 26.3. The molecule has 0 aliphatic heterocycles. The number of benzene rings is 10. The van der Waals surface area contributed by atoms with Crippen LogP contribution in [0, 0.1) is 0 Å². The molecule has 0 radical (unpaired) electrons. The molecule has 250 valence electrons. The summed E-state index contributed by atoms with van der Waals surface area (Å²) in [4.78, 5) is 0. The number of hydrogen-bond donors (Lipinski definition) is 0. The second kappa shape index (κ2) is 12.3. The van der Waals surface area contributed by atoms with E-state index >= 15 is 0 Å². The predicted octanol–water partition coefficient (Wildman–Crippen LogP) is 15.2. The summed E-state index contributed by atoms with van der Waals surface area (Å²) in [6, 6.07) is 53.5. The largest absolute Gasteiger partial charge is 0.0991 e. The van der Waals surface area contributed by atoms with Gasteiger partial charge in [-0.25, -0.2) is 0 Å². The van der Waals surface area contributed by atoms with E-state index in [1.54, 1.807) is 0 Å².